The van der Waals surface area contributed by atoms with Crippen LogP contribution in [0.15, 0.2) is 42.5 Å². The molecule has 0 aliphatic heterocycles. The number of nitrogens with zero attached hydrogens (tertiary/aromatic N) is 2. The van der Waals surface area contributed by atoms with Crippen LogP contribution in [0.25, 0.3) is 0 Å². The highest BCUT2D eigenvalue weighted by Gasteiger charge is 2.29. The number of anilines is 1. The van der Waals surface area contributed by atoms with E-state index in [0.29, 0.717) is 30.1 Å². The Hall–Kier alpha value is -2.58. The SMILES string of the molecule is CC[C@@H](C(=O)NC(C)C)N(Cc1ccc(C)cc1)C(=O)CCCN(c1cc(Cl)ccc1C)S(C)(=O)=O. The quantitative estimate of drug-likeness (QED) is 0.421. The Balaban J connectivity index is 2.24. The molecule has 1 N–H and O–H groups in total. The molecule has 0 unspecified atom stereocenters. The molecule has 7 nitrogen and oxygen atoms in total. The highest BCUT2D eigenvalue weighted by Crippen LogP contribution is 2.27. The van der Waals surface area contributed by atoms with Gasteiger partial charge in [-0.1, -0.05) is 54.4 Å². The summed E-state index contributed by atoms with van der Waals surface area (Å²) in [6.45, 7) is 9.88. The second kappa shape index (κ2) is 13.1. The van der Waals surface area contributed by atoms with Crippen molar-refractivity contribution >= 4 is 39.1 Å². The van der Waals surface area contributed by atoms with Gasteiger partial charge in [0.25, 0.3) is 0 Å². The fraction of sp³-hybridized carbons (Fsp3) is 0.481. The van der Waals surface area contributed by atoms with Gasteiger partial charge < -0.3 is 10.2 Å². The first kappa shape index (κ1) is 29.6. The standard InChI is InChI=1S/C27H38ClN3O4S/c1-7-24(27(33)29-19(2)3)30(18-22-13-10-20(4)11-14-22)26(32)9-8-16-31(36(6,34)35)25-17-23(28)15-12-21(25)5/h10-15,17,19,24H,7-9,16,18H2,1-6H3,(H,29,33)/t24-/m0/s1. The van der Waals surface area contributed by atoms with E-state index in [1.54, 1.807) is 23.1 Å². The number of sulfonamides is 1. The monoisotopic (exact) mass is 535 g/mol. The summed E-state index contributed by atoms with van der Waals surface area (Å²) < 4.78 is 26.4. The minimum atomic E-state index is -3.59. The van der Waals surface area contributed by atoms with Crippen LogP contribution in [0.5, 0.6) is 0 Å². The zero-order valence-corrected chi connectivity index (χ0v) is 23.6. The second-order valence-electron chi connectivity index (χ2n) is 9.46. The number of halogens is 1. The van der Waals surface area contributed by atoms with Crippen LogP contribution in [0.4, 0.5) is 5.69 Å². The number of hydrogen-bond donors (Lipinski definition) is 1. The predicted molar refractivity (Wildman–Crippen MR) is 147 cm³/mol. The molecule has 0 bridgehead atoms. The van der Waals surface area contributed by atoms with Gasteiger partial charge in [-0.15, -0.1) is 0 Å². The van der Waals surface area contributed by atoms with Gasteiger partial charge in [0.15, 0.2) is 0 Å². The molecule has 2 aromatic carbocycles. The van der Waals surface area contributed by atoms with E-state index in [2.05, 4.69) is 5.32 Å². The van der Waals surface area contributed by atoms with Crippen molar-refractivity contribution in [2.75, 3.05) is 17.1 Å². The van der Waals surface area contributed by atoms with Gasteiger partial charge in [0.1, 0.15) is 6.04 Å². The Bertz CT molecular complexity index is 1150. The van der Waals surface area contributed by atoms with E-state index in [1.165, 1.54) is 4.31 Å². The van der Waals surface area contributed by atoms with Gasteiger partial charge in [-0.2, -0.15) is 0 Å². The molecule has 0 fully saturated rings. The Kier molecular flexibility index (Phi) is 10.8. The molecule has 0 aliphatic rings. The highest BCUT2D eigenvalue weighted by molar-refractivity contribution is 7.92. The van der Waals surface area contributed by atoms with Crippen molar-refractivity contribution in [3.05, 3.63) is 64.2 Å². The predicted octanol–water partition coefficient (Wildman–Crippen LogP) is 4.84. The Morgan fingerprint density at radius 1 is 1.06 bits per heavy atom. The van der Waals surface area contributed by atoms with Crippen molar-refractivity contribution in [3.63, 3.8) is 0 Å². The molecular formula is C27H38ClN3O4S. The van der Waals surface area contributed by atoms with Gasteiger partial charge in [-0.3, -0.25) is 13.9 Å². The molecule has 0 aromatic heterocycles. The maximum absolute atomic E-state index is 13.5. The fourth-order valence-electron chi connectivity index (χ4n) is 4.02. The number of amides is 2. The number of carbonyl (C=O) groups excluding carboxylic acids is 2. The molecule has 2 aromatic rings. The van der Waals surface area contributed by atoms with Gasteiger partial charge in [-0.05, 0) is 63.8 Å². The van der Waals surface area contributed by atoms with E-state index in [1.807, 2.05) is 58.9 Å². The topological polar surface area (TPSA) is 86.8 Å². The molecule has 0 saturated carbocycles. The molecule has 0 spiro atoms. The van der Waals surface area contributed by atoms with Crippen LogP contribution in [0.2, 0.25) is 5.02 Å². The minimum absolute atomic E-state index is 0.0490. The van der Waals surface area contributed by atoms with E-state index in [4.69, 9.17) is 11.6 Å². The van der Waals surface area contributed by atoms with E-state index in [0.717, 1.165) is 22.9 Å². The van der Waals surface area contributed by atoms with Crippen LogP contribution < -0.4 is 9.62 Å². The van der Waals surface area contributed by atoms with Crippen molar-refractivity contribution in [2.24, 2.45) is 0 Å². The summed E-state index contributed by atoms with van der Waals surface area (Å²) in [4.78, 5) is 28.0. The molecule has 0 saturated heterocycles. The third kappa shape index (κ3) is 8.52. The Morgan fingerprint density at radius 3 is 2.25 bits per heavy atom. The zero-order chi connectivity index (χ0) is 27.0. The second-order valence-corrected chi connectivity index (χ2v) is 11.8. The molecule has 9 heteroatoms. The molecular weight excluding hydrogens is 498 g/mol. The van der Waals surface area contributed by atoms with Crippen LogP contribution in [0, 0.1) is 13.8 Å². The van der Waals surface area contributed by atoms with Crippen molar-refractivity contribution in [2.45, 2.75) is 72.5 Å². The lowest BCUT2D eigenvalue weighted by molar-refractivity contribution is -0.141. The van der Waals surface area contributed by atoms with Crippen LogP contribution in [0.3, 0.4) is 0 Å². The van der Waals surface area contributed by atoms with Crippen molar-refractivity contribution < 1.29 is 18.0 Å². The largest absolute Gasteiger partial charge is 0.352 e. The van der Waals surface area contributed by atoms with Gasteiger partial charge in [0.05, 0.1) is 11.9 Å². The number of benzene rings is 2. The molecule has 0 aliphatic carbocycles. The molecule has 198 valence electrons. The van der Waals surface area contributed by atoms with Gasteiger partial charge in [0.2, 0.25) is 21.8 Å². The van der Waals surface area contributed by atoms with Crippen LogP contribution >= 0.6 is 11.6 Å². The van der Waals surface area contributed by atoms with E-state index < -0.39 is 16.1 Å². The molecule has 36 heavy (non-hydrogen) atoms. The third-order valence-corrected chi connectivity index (χ3v) is 7.30. The minimum Gasteiger partial charge on any atom is -0.352 e. The summed E-state index contributed by atoms with van der Waals surface area (Å²) in [5.74, 6) is -0.391. The van der Waals surface area contributed by atoms with Gasteiger partial charge in [0, 0.05) is 30.6 Å². The summed E-state index contributed by atoms with van der Waals surface area (Å²) in [5.41, 5.74) is 3.31. The summed E-state index contributed by atoms with van der Waals surface area (Å²) in [7, 11) is -3.59. The fourth-order valence-corrected chi connectivity index (χ4v) is 5.21. The molecule has 0 radical (unpaired) electrons. The van der Waals surface area contributed by atoms with Gasteiger partial charge >= 0.3 is 0 Å². The van der Waals surface area contributed by atoms with E-state index >= 15 is 0 Å². The molecule has 2 amide bonds. The lowest BCUT2D eigenvalue weighted by atomic mass is 10.1. The van der Waals surface area contributed by atoms with Crippen molar-refractivity contribution in [1.82, 2.24) is 10.2 Å². The first-order chi connectivity index (χ1) is 16.8. The van der Waals surface area contributed by atoms with Gasteiger partial charge in [-0.25, -0.2) is 8.42 Å². The summed E-state index contributed by atoms with van der Waals surface area (Å²) in [6.07, 6.45) is 2.00. The van der Waals surface area contributed by atoms with Crippen molar-refractivity contribution in [1.29, 1.82) is 0 Å². The van der Waals surface area contributed by atoms with E-state index in [9.17, 15) is 18.0 Å². The Labute approximate surface area is 220 Å². The van der Waals surface area contributed by atoms with Crippen LogP contribution in [-0.2, 0) is 26.2 Å². The average molecular weight is 536 g/mol. The lowest BCUT2D eigenvalue weighted by Crippen LogP contribution is -2.50. The molecule has 0 heterocycles. The lowest BCUT2D eigenvalue weighted by Gasteiger charge is -2.31. The number of hydrogen-bond acceptors (Lipinski definition) is 4. The normalized spacial score (nSPS) is 12.3. The maximum atomic E-state index is 13.5. The summed E-state index contributed by atoms with van der Waals surface area (Å²) in [6, 6.07) is 12.3. The third-order valence-electron chi connectivity index (χ3n) is 5.88. The summed E-state index contributed by atoms with van der Waals surface area (Å²) >= 11 is 6.12. The first-order valence-electron chi connectivity index (χ1n) is 12.2. The van der Waals surface area contributed by atoms with E-state index in [-0.39, 0.29) is 30.8 Å². The van der Waals surface area contributed by atoms with Crippen LogP contribution in [0.1, 0.15) is 56.7 Å². The number of rotatable bonds is 12. The van der Waals surface area contributed by atoms with Crippen LogP contribution in [-0.4, -0.2) is 50.0 Å². The first-order valence-corrected chi connectivity index (χ1v) is 14.4. The average Bonchev–Trinajstić information content (AvgIpc) is 2.78. The summed E-state index contributed by atoms with van der Waals surface area (Å²) in [5, 5.41) is 3.35. The van der Waals surface area contributed by atoms with Crippen molar-refractivity contribution in [3.8, 4) is 0 Å². The maximum Gasteiger partial charge on any atom is 0.243 e. The number of carbonyl (C=O) groups is 2. The highest BCUT2D eigenvalue weighted by atomic mass is 35.5. The number of nitrogens with one attached hydrogen (secondary N) is 1. The number of aryl methyl sites for hydroxylation is 2. The molecule has 1 atom stereocenters. The Morgan fingerprint density at radius 2 is 1.69 bits per heavy atom. The zero-order valence-electron chi connectivity index (χ0n) is 22.0. The molecule has 2 rings (SSSR count). The smallest absolute Gasteiger partial charge is 0.243 e.